The van der Waals surface area contributed by atoms with Crippen molar-refractivity contribution in [1.29, 1.82) is 0 Å². The molecule has 0 fully saturated rings. The molecule has 1 aliphatic rings. The maximum Gasteiger partial charge on any atom is 0.241 e. The molecule has 14 heavy (non-hydrogen) atoms. The predicted octanol–water partition coefficient (Wildman–Crippen LogP) is 1.68. The Hall–Kier alpha value is -0.870. The van der Waals surface area contributed by atoms with Gasteiger partial charge < -0.3 is 0 Å². The summed E-state index contributed by atoms with van der Waals surface area (Å²) in [5, 5.41) is 0. The monoisotopic (exact) mass is 211 g/mol. The Morgan fingerprint density at radius 2 is 1.93 bits per heavy atom. The predicted molar refractivity (Wildman–Crippen MR) is 54.3 cm³/mol. The Kier molecular flexibility index (Phi) is 2.12. The minimum atomic E-state index is -3.25. The number of hydrogen-bond donors (Lipinski definition) is 1. The number of fused-ring (bicyclic) bond motifs is 1. The molecule has 1 aromatic carbocycles. The summed E-state index contributed by atoms with van der Waals surface area (Å²) in [7, 11) is -3.25. The number of hydrogen-bond acceptors (Lipinski definition) is 2. The summed E-state index contributed by atoms with van der Waals surface area (Å²) >= 11 is 0. The second-order valence-corrected chi connectivity index (χ2v) is 5.56. The van der Waals surface area contributed by atoms with Crippen molar-refractivity contribution in [2.75, 3.05) is 0 Å². The van der Waals surface area contributed by atoms with Crippen LogP contribution in [-0.4, -0.2) is 8.42 Å². The molecular formula is C10H13NO2S. The van der Waals surface area contributed by atoms with Gasteiger partial charge in [0.2, 0.25) is 10.0 Å². The lowest BCUT2D eigenvalue weighted by Gasteiger charge is -2.13. The fourth-order valence-electron chi connectivity index (χ4n) is 1.77. The molecule has 0 aliphatic carbocycles. The molecule has 0 unspecified atom stereocenters. The summed E-state index contributed by atoms with van der Waals surface area (Å²) in [4.78, 5) is 0.429. The van der Waals surface area contributed by atoms with Crippen LogP contribution < -0.4 is 4.72 Å². The van der Waals surface area contributed by atoms with E-state index in [1.807, 2.05) is 26.0 Å². The summed E-state index contributed by atoms with van der Waals surface area (Å²) in [6.45, 7) is 4.02. The molecule has 1 aromatic rings. The lowest BCUT2D eigenvalue weighted by molar-refractivity contribution is 0.478. The first-order valence-electron chi connectivity index (χ1n) is 4.63. The van der Waals surface area contributed by atoms with E-state index in [9.17, 15) is 8.42 Å². The molecule has 3 nitrogen and oxygen atoms in total. The highest BCUT2D eigenvalue weighted by Gasteiger charge is 2.34. The minimum absolute atomic E-state index is 0.0730. The maximum atomic E-state index is 11.7. The molecule has 2 rings (SSSR count). The van der Waals surface area contributed by atoms with Gasteiger partial charge in [0.1, 0.15) is 0 Å². The molecule has 0 amide bonds. The van der Waals surface area contributed by atoms with Gasteiger partial charge in [-0.05, 0) is 17.5 Å². The zero-order valence-corrected chi connectivity index (χ0v) is 9.01. The molecule has 0 aromatic heterocycles. The summed E-state index contributed by atoms with van der Waals surface area (Å²) in [6, 6.07) is 7.07. The first-order chi connectivity index (χ1) is 6.52. The van der Waals surface area contributed by atoms with E-state index in [-0.39, 0.29) is 12.0 Å². The number of benzene rings is 1. The summed E-state index contributed by atoms with van der Waals surface area (Å²) in [6.07, 6.45) is 0. The van der Waals surface area contributed by atoms with Gasteiger partial charge in [-0.2, -0.15) is 0 Å². The van der Waals surface area contributed by atoms with Crippen LogP contribution in [0.1, 0.15) is 25.5 Å². The van der Waals surface area contributed by atoms with Gasteiger partial charge in [0.05, 0.1) is 10.9 Å². The molecular weight excluding hydrogens is 198 g/mol. The largest absolute Gasteiger partial charge is 0.241 e. The Morgan fingerprint density at radius 3 is 2.57 bits per heavy atom. The molecule has 1 heterocycles. The topological polar surface area (TPSA) is 46.2 Å². The lowest BCUT2D eigenvalue weighted by atomic mass is 9.97. The number of sulfonamides is 1. The van der Waals surface area contributed by atoms with E-state index in [2.05, 4.69) is 4.72 Å². The second kappa shape index (κ2) is 3.07. The van der Waals surface area contributed by atoms with Crippen LogP contribution >= 0.6 is 0 Å². The van der Waals surface area contributed by atoms with Crippen LogP contribution in [-0.2, 0) is 10.0 Å². The molecule has 0 saturated heterocycles. The third-order valence-electron chi connectivity index (χ3n) is 2.49. The minimum Gasteiger partial charge on any atom is -0.207 e. The van der Waals surface area contributed by atoms with Gasteiger partial charge in [0, 0.05) is 0 Å². The van der Waals surface area contributed by atoms with Crippen LogP contribution in [0.3, 0.4) is 0 Å². The van der Waals surface area contributed by atoms with E-state index in [0.29, 0.717) is 4.90 Å². The van der Waals surface area contributed by atoms with Crippen LogP contribution in [0.5, 0.6) is 0 Å². The van der Waals surface area contributed by atoms with Gasteiger partial charge in [-0.15, -0.1) is 0 Å². The smallest absolute Gasteiger partial charge is 0.207 e. The van der Waals surface area contributed by atoms with Crippen molar-refractivity contribution in [2.45, 2.75) is 24.8 Å². The standard InChI is InChI=1S/C10H13NO2S/c1-7(2)10-8-5-3-4-6-9(8)14(12,13)11-10/h3-7,10-11H,1-2H3/t10-/m1/s1. The van der Waals surface area contributed by atoms with Gasteiger partial charge in [0.25, 0.3) is 0 Å². The fourth-order valence-corrected chi connectivity index (χ4v) is 3.39. The zero-order valence-electron chi connectivity index (χ0n) is 8.19. The van der Waals surface area contributed by atoms with Crippen molar-refractivity contribution in [3.8, 4) is 0 Å². The third kappa shape index (κ3) is 1.35. The van der Waals surface area contributed by atoms with Crippen molar-refractivity contribution in [1.82, 2.24) is 4.72 Å². The second-order valence-electron chi connectivity index (χ2n) is 3.88. The van der Waals surface area contributed by atoms with Crippen LogP contribution in [0.25, 0.3) is 0 Å². The van der Waals surface area contributed by atoms with Crippen LogP contribution in [0, 0.1) is 5.92 Å². The fraction of sp³-hybridized carbons (Fsp3) is 0.400. The van der Waals surface area contributed by atoms with Crippen LogP contribution in [0.2, 0.25) is 0 Å². The Balaban J connectivity index is 2.61. The highest BCUT2D eigenvalue weighted by Crippen LogP contribution is 2.34. The Bertz CT molecular complexity index is 451. The van der Waals surface area contributed by atoms with Gasteiger partial charge in [0.15, 0.2) is 0 Å². The van der Waals surface area contributed by atoms with E-state index in [4.69, 9.17) is 0 Å². The summed E-state index contributed by atoms with van der Waals surface area (Å²) in [5.74, 6) is 0.272. The van der Waals surface area contributed by atoms with E-state index in [1.54, 1.807) is 12.1 Å². The number of nitrogens with one attached hydrogen (secondary N) is 1. The summed E-state index contributed by atoms with van der Waals surface area (Å²) in [5.41, 5.74) is 0.891. The first-order valence-corrected chi connectivity index (χ1v) is 6.12. The quantitative estimate of drug-likeness (QED) is 0.768. The Morgan fingerprint density at radius 1 is 1.29 bits per heavy atom. The van der Waals surface area contributed by atoms with Crippen LogP contribution in [0.15, 0.2) is 29.2 Å². The summed E-state index contributed by atoms with van der Waals surface area (Å²) < 4.78 is 26.0. The normalized spacial score (nSPS) is 23.8. The third-order valence-corrected chi connectivity index (χ3v) is 4.01. The average Bonchev–Trinajstić information content (AvgIpc) is 2.40. The molecule has 4 heteroatoms. The molecule has 0 saturated carbocycles. The van der Waals surface area contributed by atoms with Gasteiger partial charge in [-0.1, -0.05) is 32.0 Å². The zero-order chi connectivity index (χ0) is 10.3. The molecule has 76 valence electrons. The highest BCUT2D eigenvalue weighted by atomic mass is 32.2. The lowest BCUT2D eigenvalue weighted by Crippen LogP contribution is -2.23. The SMILES string of the molecule is CC(C)[C@H]1NS(=O)(=O)c2ccccc21. The molecule has 1 atom stereocenters. The van der Waals surface area contributed by atoms with Crippen molar-refractivity contribution >= 4 is 10.0 Å². The van der Waals surface area contributed by atoms with Crippen molar-refractivity contribution in [2.24, 2.45) is 5.92 Å². The van der Waals surface area contributed by atoms with Gasteiger partial charge >= 0.3 is 0 Å². The van der Waals surface area contributed by atoms with Crippen molar-refractivity contribution < 1.29 is 8.42 Å². The van der Waals surface area contributed by atoms with Gasteiger partial charge in [-0.25, -0.2) is 13.1 Å². The maximum absolute atomic E-state index is 11.7. The van der Waals surface area contributed by atoms with E-state index in [0.717, 1.165) is 5.56 Å². The molecule has 0 spiro atoms. The number of rotatable bonds is 1. The van der Waals surface area contributed by atoms with E-state index >= 15 is 0 Å². The Labute approximate surface area is 84.2 Å². The van der Waals surface area contributed by atoms with Crippen molar-refractivity contribution in [3.05, 3.63) is 29.8 Å². The van der Waals surface area contributed by atoms with Crippen LogP contribution in [0.4, 0.5) is 0 Å². The molecule has 0 bridgehead atoms. The molecule has 1 aliphatic heterocycles. The van der Waals surface area contributed by atoms with Crippen molar-refractivity contribution in [3.63, 3.8) is 0 Å². The van der Waals surface area contributed by atoms with Gasteiger partial charge in [-0.3, -0.25) is 0 Å². The first kappa shape index (κ1) is 9.68. The molecule has 1 N–H and O–H groups in total. The van der Waals surface area contributed by atoms with E-state index < -0.39 is 10.0 Å². The molecule has 0 radical (unpaired) electrons. The highest BCUT2D eigenvalue weighted by molar-refractivity contribution is 7.89. The van der Waals surface area contributed by atoms with E-state index in [1.165, 1.54) is 0 Å². The average molecular weight is 211 g/mol.